The smallest absolute Gasteiger partial charge is 0.409 e. The Bertz CT molecular complexity index is 232. The van der Waals surface area contributed by atoms with Gasteiger partial charge in [0.05, 0.1) is 6.10 Å². The summed E-state index contributed by atoms with van der Waals surface area (Å²) in [4.78, 5) is 15.0. The van der Waals surface area contributed by atoms with E-state index in [4.69, 9.17) is 9.47 Å². The van der Waals surface area contributed by atoms with Crippen molar-refractivity contribution in [1.29, 1.82) is 0 Å². The number of hydrogen-bond donors (Lipinski definition) is 0. The summed E-state index contributed by atoms with van der Waals surface area (Å²) in [6, 6.07) is 0. The van der Waals surface area contributed by atoms with Gasteiger partial charge in [0, 0.05) is 33.8 Å². The normalized spacial score (nSPS) is 21.2. The summed E-state index contributed by atoms with van der Waals surface area (Å²) in [5.41, 5.74) is 0. The number of carbonyl (C=O) groups excluding carboxylic acids is 1. The number of piperidine rings is 1. The Labute approximate surface area is 104 Å². The van der Waals surface area contributed by atoms with Gasteiger partial charge in [0.15, 0.2) is 0 Å². The van der Waals surface area contributed by atoms with Crippen LogP contribution in [0.25, 0.3) is 0 Å². The third kappa shape index (κ3) is 5.37. The zero-order valence-electron chi connectivity index (χ0n) is 11.1. The molecule has 0 aromatic carbocycles. The molecule has 17 heavy (non-hydrogen) atoms. The maximum Gasteiger partial charge on any atom is 0.409 e. The third-order valence-electron chi connectivity index (χ3n) is 2.86. The summed E-state index contributed by atoms with van der Waals surface area (Å²) in [6.45, 7) is 6.07. The Balaban J connectivity index is 2.16. The van der Waals surface area contributed by atoms with E-state index in [-0.39, 0.29) is 6.09 Å². The summed E-state index contributed by atoms with van der Waals surface area (Å²) in [5, 5.41) is 0. The van der Waals surface area contributed by atoms with E-state index in [2.05, 4.69) is 4.90 Å². The lowest BCUT2D eigenvalue weighted by atomic mass is 10.1. The van der Waals surface area contributed by atoms with E-state index < -0.39 is 0 Å². The van der Waals surface area contributed by atoms with Gasteiger partial charge in [-0.25, -0.2) is 4.79 Å². The van der Waals surface area contributed by atoms with E-state index in [0.29, 0.717) is 12.7 Å². The predicted molar refractivity (Wildman–Crippen MR) is 66.1 cm³/mol. The maximum atomic E-state index is 11.2. The van der Waals surface area contributed by atoms with Crippen LogP contribution < -0.4 is 0 Å². The topological polar surface area (TPSA) is 42.0 Å². The van der Waals surface area contributed by atoms with Gasteiger partial charge in [-0.05, 0) is 26.3 Å². The van der Waals surface area contributed by atoms with Crippen molar-refractivity contribution in [2.24, 2.45) is 0 Å². The van der Waals surface area contributed by atoms with E-state index in [1.54, 1.807) is 14.1 Å². The van der Waals surface area contributed by atoms with Crippen LogP contribution >= 0.6 is 0 Å². The van der Waals surface area contributed by atoms with Crippen LogP contribution in [-0.2, 0) is 9.47 Å². The molecular formula is C12H24N2O3. The Morgan fingerprint density at radius 2 is 2.24 bits per heavy atom. The van der Waals surface area contributed by atoms with Crippen LogP contribution in [0.5, 0.6) is 0 Å². The molecule has 0 aromatic rings. The summed E-state index contributed by atoms with van der Waals surface area (Å²) < 4.78 is 10.7. The molecule has 1 fully saturated rings. The fraction of sp³-hybridized carbons (Fsp3) is 0.917. The van der Waals surface area contributed by atoms with Crippen molar-refractivity contribution in [3.05, 3.63) is 0 Å². The first kappa shape index (κ1) is 14.3. The molecule has 1 heterocycles. The van der Waals surface area contributed by atoms with Crippen molar-refractivity contribution in [1.82, 2.24) is 9.80 Å². The summed E-state index contributed by atoms with van der Waals surface area (Å²) >= 11 is 0. The minimum absolute atomic E-state index is 0.275. The molecule has 5 nitrogen and oxygen atoms in total. The fourth-order valence-corrected chi connectivity index (χ4v) is 1.98. The summed E-state index contributed by atoms with van der Waals surface area (Å²) in [6.07, 6.45) is 2.37. The van der Waals surface area contributed by atoms with Crippen LogP contribution in [0.2, 0.25) is 0 Å². The molecular weight excluding hydrogens is 220 g/mol. The van der Waals surface area contributed by atoms with Crippen LogP contribution in [0, 0.1) is 0 Å². The molecule has 0 radical (unpaired) electrons. The Kier molecular flexibility index (Phi) is 6.29. The summed E-state index contributed by atoms with van der Waals surface area (Å²) in [5.74, 6) is 0. The van der Waals surface area contributed by atoms with Crippen LogP contribution in [0.15, 0.2) is 0 Å². The van der Waals surface area contributed by atoms with Crippen LogP contribution in [0.4, 0.5) is 4.79 Å². The predicted octanol–water partition coefficient (Wildman–Crippen LogP) is 1.19. The molecule has 0 aromatic heterocycles. The van der Waals surface area contributed by atoms with Gasteiger partial charge in [-0.1, -0.05) is 0 Å². The highest BCUT2D eigenvalue weighted by Gasteiger charge is 2.19. The van der Waals surface area contributed by atoms with E-state index >= 15 is 0 Å². The SMILES string of the molecule is CCOC1CCCN(CCOC(=O)N(C)C)C1. The molecule has 1 aliphatic rings. The lowest BCUT2D eigenvalue weighted by Crippen LogP contribution is -2.41. The van der Waals surface area contributed by atoms with Crippen LogP contribution in [0.1, 0.15) is 19.8 Å². The zero-order chi connectivity index (χ0) is 12.7. The quantitative estimate of drug-likeness (QED) is 0.728. The minimum Gasteiger partial charge on any atom is -0.448 e. The second kappa shape index (κ2) is 7.50. The number of likely N-dealkylation sites (tertiary alicyclic amines) is 1. The van der Waals surface area contributed by atoms with Gasteiger partial charge in [-0.3, -0.25) is 4.90 Å². The number of amides is 1. The first-order valence-corrected chi connectivity index (χ1v) is 6.31. The molecule has 1 atom stereocenters. The van der Waals surface area contributed by atoms with E-state index in [9.17, 15) is 4.79 Å². The summed E-state index contributed by atoms with van der Waals surface area (Å²) in [7, 11) is 3.38. The molecule has 1 amide bonds. The van der Waals surface area contributed by atoms with Gasteiger partial charge in [-0.2, -0.15) is 0 Å². The van der Waals surface area contributed by atoms with Crippen LogP contribution in [0.3, 0.4) is 0 Å². The van der Waals surface area contributed by atoms with Gasteiger partial charge in [0.2, 0.25) is 0 Å². The third-order valence-corrected chi connectivity index (χ3v) is 2.86. The molecule has 0 saturated carbocycles. The molecule has 1 aliphatic heterocycles. The molecule has 1 unspecified atom stereocenters. The Morgan fingerprint density at radius 1 is 1.47 bits per heavy atom. The molecule has 100 valence electrons. The molecule has 0 N–H and O–H groups in total. The number of rotatable bonds is 5. The molecule has 1 saturated heterocycles. The number of hydrogen-bond acceptors (Lipinski definition) is 4. The van der Waals surface area contributed by atoms with E-state index in [1.807, 2.05) is 6.92 Å². The second-order valence-electron chi connectivity index (χ2n) is 4.53. The van der Waals surface area contributed by atoms with Crippen molar-refractivity contribution in [3.8, 4) is 0 Å². The average molecular weight is 244 g/mol. The average Bonchev–Trinajstić information content (AvgIpc) is 2.29. The van der Waals surface area contributed by atoms with Crippen molar-refractivity contribution < 1.29 is 14.3 Å². The highest BCUT2D eigenvalue weighted by Crippen LogP contribution is 2.12. The standard InChI is InChI=1S/C12H24N2O3/c1-4-16-11-6-5-7-14(10-11)8-9-17-12(15)13(2)3/h11H,4-10H2,1-3H3. The minimum atomic E-state index is -0.275. The number of carbonyl (C=O) groups is 1. The van der Waals surface area contributed by atoms with Crippen molar-refractivity contribution in [2.45, 2.75) is 25.9 Å². The first-order valence-electron chi connectivity index (χ1n) is 6.31. The Hall–Kier alpha value is -0.810. The fourth-order valence-electron chi connectivity index (χ4n) is 1.98. The number of ether oxygens (including phenoxy) is 2. The maximum absolute atomic E-state index is 11.2. The van der Waals surface area contributed by atoms with Gasteiger partial charge in [-0.15, -0.1) is 0 Å². The lowest BCUT2D eigenvalue weighted by molar-refractivity contribution is 0.000370. The largest absolute Gasteiger partial charge is 0.448 e. The second-order valence-corrected chi connectivity index (χ2v) is 4.53. The van der Waals surface area contributed by atoms with Gasteiger partial charge >= 0.3 is 6.09 Å². The molecule has 5 heteroatoms. The van der Waals surface area contributed by atoms with E-state index in [1.165, 1.54) is 4.90 Å². The molecule has 0 bridgehead atoms. The highest BCUT2D eigenvalue weighted by molar-refractivity contribution is 5.66. The van der Waals surface area contributed by atoms with Gasteiger partial charge in [0.1, 0.15) is 6.61 Å². The molecule has 1 rings (SSSR count). The van der Waals surface area contributed by atoms with Crippen molar-refractivity contribution >= 4 is 6.09 Å². The first-order chi connectivity index (χ1) is 8.13. The van der Waals surface area contributed by atoms with Crippen LogP contribution in [-0.4, -0.2) is 68.9 Å². The van der Waals surface area contributed by atoms with Crippen molar-refractivity contribution in [3.63, 3.8) is 0 Å². The van der Waals surface area contributed by atoms with Crippen molar-refractivity contribution in [2.75, 3.05) is 46.9 Å². The van der Waals surface area contributed by atoms with Gasteiger partial charge in [0.25, 0.3) is 0 Å². The molecule has 0 spiro atoms. The number of nitrogens with zero attached hydrogens (tertiary/aromatic N) is 2. The van der Waals surface area contributed by atoms with Gasteiger partial charge < -0.3 is 14.4 Å². The molecule has 0 aliphatic carbocycles. The van der Waals surface area contributed by atoms with E-state index in [0.717, 1.165) is 39.1 Å². The monoisotopic (exact) mass is 244 g/mol. The Morgan fingerprint density at radius 3 is 2.88 bits per heavy atom. The highest BCUT2D eigenvalue weighted by atomic mass is 16.6. The zero-order valence-corrected chi connectivity index (χ0v) is 11.1. The lowest BCUT2D eigenvalue weighted by Gasteiger charge is -2.32.